The molecule has 1 heterocycles. The van der Waals surface area contributed by atoms with Crippen LogP contribution in [0.1, 0.15) is 17.5 Å². The van der Waals surface area contributed by atoms with Gasteiger partial charge in [0.15, 0.2) is 0 Å². The van der Waals surface area contributed by atoms with Gasteiger partial charge >= 0.3 is 0 Å². The number of anilines is 1. The van der Waals surface area contributed by atoms with Crippen LogP contribution in [0.15, 0.2) is 18.2 Å². The van der Waals surface area contributed by atoms with Gasteiger partial charge in [-0.1, -0.05) is 0 Å². The van der Waals surface area contributed by atoms with Crippen LogP contribution in [0.2, 0.25) is 0 Å². The van der Waals surface area contributed by atoms with Crippen molar-refractivity contribution in [2.24, 2.45) is 5.92 Å². The van der Waals surface area contributed by atoms with Crippen molar-refractivity contribution < 1.29 is 0 Å². The fraction of sp³-hybridized carbons (Fsp3) is 0.462. The fourth-order valence-corrected chi connectivity index (χ4v) is 3.19. The van der Waals surface area contributed by atoms with Crippen LogP contribution in [-0.2, 0) is 0 Å². The van der Waals surface area contributed by atoms with Crippen LogP contribution in [0.5, 0.6) is 0 Å². The van der Waals surface area contributed by atoms with E-state index in [-0.39, 0.29) is 0 Å². The molecule has 0 saturated carbocycles. The predicted octanol–water partition coefficient (Wildman–Crippen LogP) is 3.03. The third-order valence-electron chi connectivity index (χ3n) is 2.97. The highest BCUT2D eigenvalue weighted by atomic mass is 32.2. The van der Waals surface area contributed by atoms with Gasteiger partial charge in [0.25, 0.3) is 0 Å². The zero-order valence-electron chi connectivity index (χ0n) is 9.49. The lowest BCUT2D eigenvalue weighted by Crippen LogP contribution is -2.13. The van der Waals surface area contributed by atoms with Crippen LogP contribution in [0.4, 0.5) is 5.69 Å². The average Bonchev–Trinajstić information content (AvgIpc) is 2.79. The van der Waals surface area contributed by atoms with Gasteiger partial charge in [0.2, 0.25) is 0 Å². The molecule has 3 heteroatoms. The maximum absolute atomic E-state index is 8.84. The number of aryl methyl sites for hydroxylation is 1. The van der Waals surface area contributed by atoms with Gasteiger partial charge in [-0.3, -0.25) is 0 Å². The Morgan fingerprint density at radius 3 is 3.06 bits per heavy atom. The number of thioether (sulfide) groups is 1. The van der Waals surface area contributed by atoms with Gasteiger partial charge in [-0.15, -0.1) is 0 Å². The maximum atomic E-state index is 8.84. The number of nitriles is 1. The Labute approximate surface area is 101 Å². The van der Waals surface area contributed by atoms with Crippen LogP contribution in [0.25, 0.3) is 0 Å². The molecule has 0 radical (unpaired) electrons. The average molecular weight is 232 g/mol. The quantitative estimate of drug-likeness (QED) is 0.870. The third-order valence-corrected chi connectivity index (χ3v) is 4.20. The van der Waals surface area contributed by atoms with E-state index in [2.05, 4.69) is 17.5 Å². The van der Waals surface area contributed by atoms with E-state index in [1.54, 1.807) is 0 Å². The number of hydrogen-bond acceptors (Lipinski definition) is 3. The smallest absolute Gasteiger partial charge is 0.0994 e. The second-order valence-electron chi connectivity index (χ2n) is 4.25. The number of nitrogens with zero attached hydrogens (tertiary/aromatic N) is 1. The first kappa shape index (κ1) is 11.3. The van der Waals surface area contributed by atoms with Gasteiger partial charge in [-0.2, -0.15) is 17.0 Å². The SMILES string of the molecule is Cc1cc(NCC2CCSC2)ccc1C#N. The van der Waals surface area contributed by atoms with Crippen LogP contribution < -0.4 is 5.32 Å². The maximum Gasteiger partial charge on any atom is 0.0994 e. The molecular formula is C13H16N2S. The van der Waals surface area contributed by atoms with Crippen LogP contribution in [-0.4, -0.2) is 18.1 Å². The summed E-state index contributed by atoms with van der Waals surface area (Å²) < 4.78 is 0. The van der Waals surface area contributed by atoms with E-state index in [0.717, 1.165) is 29.3 Å². The summed E-state index contributed by atoms with van der Waals surface area (Å²) in [5.41, 5.74) is 2.95. The molecule has 1 aliphatic heterocycles. The fourth-order valence-electron chi connectivity index (χ4n) is 1.91. The van der Waals surface area contributed by atoms with Gasteiger partial charge in [-0.05, 0) is 54.5 Å². The Hall–Kier alpha value is -1.14. The van der Waals surface area contributed by atoms with Crippen molar-refractivity contribution >= 4 is 17.4 Å². The van der Waals surface area contributed by atoms with Gasteiger partial charge < -0.3 is 5.32 Å². The van der Waals surface area contributed by atoms with Gasteiger partial charge in [0.05, 0.1) is 11.6 Å². The number of nitrogens with one attached hydrogen (secondary N) is 1. The Balaban J connectivity index is 1.94. The third kappa shape index (κ3) is 2.70. The van der Waals surface area contributed by atoms with Crippen LogP contribution in [0, 0.1) is 24.2 Å². The molecule has 1 aromatic rings. The Morgan fingerprint density at radius 2 is 2.44 bits per heavy atom. The molecule has 16 heavy (non-hydrogen) atoms. The molecule has 1 saturated heterocycles. The van der Waals surface area contributed by atoms with Crippen molar-refractivity contribution in [3.63, 3.8) is 0 Å². The van der Waals surface area contributed by atoms with E-state index >= 15 is 0 Å². The van der Waals surface area contributed by atoms with Gasteiger partial charge in [0.1, 0.15) is 0 Å². The first-order chi connectivity index (χ1) is 7.79. The van der Waals surface area contributed by atoms with Crippen molar-refractivity contribution in [3.8, 4) is 6.07 Å². The standard InChI is InChI=1S/C13H16N2S/c1-10-6-13(3-2-12(10)7-14)15-8-11-4-5-16-9-11/h2-3,6,11,15H,4-5,8-9H2,1H3. The number of hydrogen-bond donors (Lipinski definition) is 1. The molecule has 1 fully saturated rings. The van der Waals surface area contributed by atoms with Gasteiger partial charge in [-0.25, -0.2) is 0 Å². The molecule has 84 valence electrons. The topological polar surface area (TPSA) is 35.8 Å². The molecule has 0 amide bonds. The minimum atomic E-state index is 0.766. The molecule has 2 rings (SSSR count). The van der Waals surface area contributed by atoms with Gasteiger partial charge in [0, 0.05) is 12.2 Å². The molecule has 1 N–H and O–H groups in total. The molecule has 0 aliphatic carbocycles. The van der Waals surface area contributed by atoms with Crippen molar-refractivity contribution in [3.05, 3.63) is 29.3 Å². The molecule has 0 bridgehead atoms. The first-order valence-electron chi connectivity index (χ1n) is 5.62. The number of benzene rings is 1. The summed E-state index contributed by atoms with van der Waals surface area (Å²) in [4.78, 5) is 0. The van der Waals surface area contributed by atoms with E-state index in [0.29, 0.717) is 0 Å². The van der Waals surface area contributed by atoms with Crippen LogP contribution >= 0.6 is 11.8 Å². The van der Waals surface area contributed by atoms with E-state index in [1.165, 1.54) is 17.9 Å². The number of rotatable bonds is 3. The lowest BCUT2D eigenvalue weighted by atomic mass is 10.1. The summed E-state index contributed by atoms with van der Waals surface area (Å²) in [7, 11) is 0. The van der Waals surface area contributed by atoms with Crippen molar-refractivity contribution in [2.45, 2.75) is 13.3 Å². The zero-order valence-corrected chi connectivity index (χ0v) is 10.3. The van der Waals surface area contributed by atoms with E-state index in [1.807, 2.05) is 30.8 Å². The molecule has 1 atom stereocenters. The molecule has 0 aromatic heterocycles. The second kappa shape index (κ2) is 5.27. The normalized spacial score (nSPS) is 19.4. The summed E-state index contributed by atoms with van der Waals surface area (Å²) in [6, 6.07) is 8.13. The molecule has 2 nitrogen and oxygen atoms in total. The molecular weight excluding hydrogens is 216 g/mol. The summed E-state index contributed by atoms with van der Waals surface area (Å²) >= 11 is 2.04. The van der Waals surface area contributed by atoms with E-state index in [4.69, 9.17) is 5.26 Å². The predicted molar refractivity (Wildman–Crippen MR) is 69.8 cm³/mol. The summed E-state index contributed by atoms with van der Waals surface area (Å²) in [5, 5.41) is 12.3. The molecule has 1 aromatic carbocycles. The highest BCUT2D eigenvalue weighted by Gasteiger charge is 2.14. The van der Waals surface area contributed by atoms with E-state index in [9.17, 15) is 0 Å². The Morgan fingerprint density at radius 1 is 1.56 bits per heavy atom. The lowest BCUT2D eigenvalue weighted by Gasteiger charge is -2.12. The highest BCUT2D eigenvalue weighted by molar-refractivity contribution is 7.99. The minimum Gasteiger partial charge on any atom is -0.385 e. The first-order valence-corrected chi connectivity index (χ1v) is 6.77. The minimum absolute atomic E-state index is 0.766. The molecule has 1 aliphatic rings. The second-order valence-corrected chi connectivity index (χ2v) is 5.40. The summed E-state index contributed by atoms with van der Waals surface area (Å²) in [6.07, 6.45) is 1.33. The lowest BCUT2D eigenvalue weighted by molar-refractivity contribution is 0.632. The van der Waals surface area contributed by atoms with Crippen LogP contribution in [0.3, 0.4) is 0 Å². The van der Waals surface area contributed by atoms with Crippen molar-refractivity contribution in [1.82, 2.24) is 0 Å². The Bertz CT molecular complexity index is 403. The van der Waals surface area contributed by atoms with Crippen molar-refractivity contribution in [1.29, 1.82) is 5.26 Å². The zero-order chi connectivity index (χ0) is 11.4. The van der Waals surface area contributed by atoms with E-state index < -0.39 is 0 Å². The molecule has 1 unspecified atom stereocenters. The monoisotopic (exact) mass is 232 g/mol. The Kier molecular flexibility index (Phi) is 3.74. The molecule has 0 spiro atoms. The van der Waals surface area contributed by atoms with Crippen molar-refractivity contribution in [2.75, 3.05) is 23.4 Å². The summed E-state index contributed by atoms with van der Waals surface area (Å²) in [6.45, 7) is 3.04. The largest absolute Gasteiger partial charge is 0.385 e. The highest BCUT2D eigenvalue weighted by Crippen LogP contribution is 2.24. The summed E-state index contributed by atoms with van der Waals surface area (Å²) in [5.74, 6) is 3.39.